The van der Waals surface area contributed by atoms with E-state index < -0.39 is 0 Å². The second kappa shape index (κ2) is 8.07. The topological polar surface area (TPSA) is 17.1 Å². The zero-order chi connectivity index (χ0) is 15.1. The van der Waals surface area contributed by atoms with E-state index in [1.165, 1.54) is 32.1 Å². The number of carbonyl (C=O) groups is 1. The van der Waals surface area contributed by atoms with Crippen molar-refractivity contribution in [3.05, 3.63) is 0 Å². The van der Waals surface area contributed by atoms with Crippen molar-refractivity contribution in [2.24, 2.45) is 16.7 Å². The third-order valence-electron chi connectivity index (χ3n) is 4.82. The molecule has 0 amide bonds. The first-order valence-electron chi connectivity index (χ1n) is 8.47. The van der Waals surface area contributed by atoms with Crippen LogP contribution in [-0.2, 0) is 4.79 Å². The fraction of sp³-hybridized carbons (Fsp3) is 0.944. The quantitative estimate of drug-likeness (QED) is 0.525. The SMILES string of the molecule is CC.CC.CC(C)(C)C1CCC2(CCCC2=O)CC1. The summed E-state index contributed by atoms with van der Waals surface area (Å²) >= 11 is 0. The Balaban J connectivity index is 0.000000741. The number of hydrogen-bond acceptors (Lipinski definition) is 1. The largest absolute Gasteiger partial charge is 0.299 e. The van der Waals surface area contributed by atoms with Gasteiger partial charge in [-0.2, -0.15) is 0 Å². The molecule has 0 atom stereocenters. The van der Waals surface area contributed by atoms with E-state index in [-0.39, 0.29) is 5.41 Å². The van der Waals surface area contributed by atoms with E-state index in [4.69, 9.17) is 0 Å². The Bertz CT molecular complexity index is 251. The average molecular weight is 268 g/mol. The molecule has 0 N–H and O–H groups in total. The van der Waals surface area contributed by atoms with E-state index in [0.717, 1.165) is 18.8 Å². The van der Waals surface area contributed by atoms with Crippen LogP contribution in [0.15, 0.2) is 0 Å². The molecule has 2 aliphatic carbocycles. The van der Waals surface area contributed by atoms with Gasteiger partial charge in [0.25, 0.3) is 0 Å². The molecule has 2 aliphatic rings. The summed E-state index contributed by atoms with van der Waals surface area (Å²) < 4.78 is 0. The maximum absolute atomic E-state index is 11.9. The summed E-state index contributed by atoms with van der Waals surface area (Å²) in [5.41, 5.74) is 0.574. The molecule has 1 nitrogen and oxygen atoms in total. The first kappa shape index (κ1) is 18.7. The van der Waals surface area contributed by atoms with E-state index in [2.05, 4.69) is 20.8 Å². The molecule has 1 heteroatoms. The number of carbonyl (C=O) groups excluding carboxylic acids is 1. The molecule has 0 radical (unpaired) electrons. The highest BCUT2D eigenvalue weighted by molar-refractivity contribution is 5.86. The lowest BCUT2D eigenvalue weighted by Crippen LogP contribution is -2.35. The van der Waals surface area contributed by atoms with Gasteiger partial charge in [-0.1, -0.05) is 48.5 Å². The van der Waals surface area contributed by atoms with Crippen LogP contribution in [0.5, 0.6) is 0 Å². The lowest BCUT2D eigenvalue weighted by Gasteiger charge is -2.41. The second-order valence-corrected chi connectivity index (χ2v) is 6.70. The second-order valence-electron chi connectivity index (χ2n) is 6.70. The monoisotopic (exact) mass is 268 g/mol. The van der Waals surface area contributed by atoms with Crippen LogP contribution in [0.1, 0.15) is 93.4 Å². The van der Waals surface area contributed by atoms with Crippen molar-refractivity contribution in [1.82, 2.24) is 0 Å². The Morgan fingerprint density at radius 2 is 1.42 bits per heavy atom. The van der Waals surface area contributed by atoms with Crippen molar-refractivity contribution in [3.8, 4) is 0 Å². The first-order chi connectivity index (χ1) is 8.94. The van der Waals surface area contributed by atoms with Crippen LogP contribution in [0.2, 0.25) is 0 Å². The molecular formula is C18H36O. The van der Waals surface area contributed by atoms with Gasteiger partial charge in [-0.25, -0.2) is 0 Å². The van der Waals surface area contributed by atoms with Crippen molar-refractivity contribution in [1.29, 1.82) is 0 Å². The molecule has 0 heterocycles. The van der Waals surface area contributed by atoms with Crippen LogP contribution in [0.4, 0.5) is 0 Å². The summed E-state index contributed by atoms with van der Waals surface area (Å²) in [5, 5.41) is 0. The fourth-order valence-electron chi connectivity index (χ4n) is 3.56. The molecule has 2 fully saturated rings. The number of Topliss-reactive ketones (excluding diaryl/α,β-unsaturated/α-hetero) is 1. The van der Waals surface area contributed by atoms with Crippen molar-refractivity contribution < 1.29 is 4.79 Å². The van der Waals surface area contributed by atoms with Crippen LogP contribution < -0.4 is 0 Å². The van der Waals surface area contributed by atoms with Crippen molar-refractivity contribution in [2.75, 3.05) is 0 Å². The minimum Gasteiger partial charge on any atom is -0.299 e. The molecule has 0 unspecified atom stereocenters. The van der Waals surface area contributed by atoms with Crippen LogP contribution >= 0.6 is 0 Å². The highest BCUT2D eigenvalue weighted by atomic mass is 16.1. The molecule has 2 saturated carbocycles. The number of hydrogen-bond donors (Lipinski definition) is 0. The molecule has 114 valence electrons. The van der Waals surface area contributed by atoms with Crippen LogP contribution in [0.3, 0.4) is 0 Å². The minimum absolute atomic E-state index is 0.141. The van der Waals surface area contributed by atoms with Gasteiger partial charge in [-0.15, -0.1) is 0 Å². The van der Waals surface area contributed by atoms with Crippen LogP contribution in [-0.4, -0.2) is 5.78 Å². The standard InChI is InChI=1S/C14H24O.2C2H6/c1-13(2,3)11-6-9-14(10-7-11)8-4-5-12(14)15;2*1-2/h11H,4-10H2,1-3H3;2*1-2H3. The van der Waals surface area contributed by atoms with Gasteiger partial charge in [0.15, 0.2) is 0 Å². The summed E-state index contributed by atoms with van der Waals surface area (Å²) in [6, 6.07) is 0. The van der Waals surface area contributed by atoms with Crippen molar-refractivity contribution >= 4 is 5.78 Å². The average Bonchev–Trinajstić information content (AvgIpc) is 2.75. The highest BCUT2D eigenvalue weighted by Crippen LogP contribution is 2.51. The number of ketones is 1. The Morgan fingerprint density at radius 3 is 1.74 bits per heavy atom. The van der Waals surface area contributed by atoms with Gasteiger partial charge in [-0.3, -0.25) is 4.79 Å². The third kappa shape index (κ3) is 4.61. The predicted octanol–water partition coefficient (Wildman–Crippen LogP) is 6.01. The summed E-state index contributed by atoms with van der Waals surface area (Å²) in [7, 11) is 0. The van der Waals surface area contributed by atoms with Gasteiger partial charge in [0.05, 0.1) is 0 Å². The van der Waals surface area contributed by atoms with Crippen molar-refractivity contribution in [3.63, 3.8) is 0 Å². The van der Waals surface area contributed by atoms with E-state index in [9.17, 15) is 4.79 Å². The molecule has 19 heavy (non-hydrogen) atoms. The van der Waals surface area contributed by atoms with Gasteiger partial charge in [0.2, 0.25) is 0 Å². The van der Waals surface area contributed by atoms with E-state index in [1.807, 2.05) is 27.7 Å². The predicted molar refractivity (Wildman–Crippen MR) is 85.4 cm³/mol. The Morgan fingerprint density at radius 1 is 0.947 bits per heavy atom. The Hall–Kier alpha value is -0.330. The highest BCUT2D eigenvalue weighted by Gasteiger charge is 2.45. The molecule has 0 saturated heterocycles. The lowest BCUT2D eigenvalue weighted by atomic mass is 9.63. The molecule has 1 spiro atoms. The smallest absolute Gasteiger partial charge is 0.139 e. The molecule has 0 aromatic rings. The first-order valence-corrected chi connectivity index (χ1v) is 8.47. The Kier molecular flexibility index (Phi) is 7.93. The summed E-state index contributed by atoms with van der Waals surface area (Å²) in [4.78, 5) is 11.9. The normalized spacial score (nSPS) is 30.3. The molecule has 0 aromatic carbocycles. The maximum Gasteiger partial charge on any atom is 0.139 e. The van der Waals surface area contributed by atoms with E-state index in [1.54, 1.807) is 0 Å². The molecule has 2 rings (SSSR count). The van der Waals surface area contributed by atoms with Crippen molar-refractivity contribution in [2.45, 2.75) is 93.4 Å². The van der Waals surface area contributed by atoms with E-state index >= 15 is 0 Å². The van der Waals surface area contributed by atoms with Gasteiger partial charge < -0.3 is 0 Å². The zero-order valence-electron chi connectivity index (χ0n) is 14.4. The molecular weight excluding hydrogens is 232 g/mol. The lowest BCUT2D eigenvalue weighted by molar-refractivity contribution is -0.128. The van der Waals surface area contributed by atoms with Gasteiger partial charge in [0, 0.05) is 11.8 Å². The van der Waals surface area contributed by atoms with E-state index in [0.29, 0.717) is 11.2 Å². The fourth-order valence-corrected chi connectivity index (χ4v) is 3.56. The summed E-state index contributed by atoms with van der Waals surface area (Å²) in [6.45, 7) is 15.0. The molecule has 0 aliphatic heterocycles. The third-order valence-corrected chi connectivity index (χ3v) is 4.82. The van der Waals surface area contributed by atoms with Gasteiger partial charge >= 0.3 is 0 Å². The Labute approximate surface area is 121 Å². The van der Waals surface area contributed by atoms with Crippen LogP contribution in [0, 0.1) is 16.7 Å². The summed E-state index contributed by atoms with van der Waals surface area (Å²) in [6.07, 6.45) is 8.09. The van der Waals surface area contributed by atoms with Gasteiger partial charge in [0.1, 0.15) is 5.78 Å². The minimum atomic E-state index is 0.141. The summed E-state index contributed by atoms with van der Waals surface area (Å²) in [5.74, 6) is 1.41. The van der Waals surface area contributed by atoms with Crippen LogP contribution in [0.25, 0.3) is 0 Å². The maximum atomic E-state index is 11.9. The molecule has 0 bridgehead atoms. The zero-order valence-corrected chi connectivity index (χ0v) is 14.4. The number of rotatable bonds is 0. The molecule has 0 aromatic heterocycles. The van der Waals surface area contributed by atoms with Gasteiger partial charge in [-0.05, 0) is 49.9 Å².